The lowest BCUT2D eigenvalue weighted by Crippen LogP contribution is -2.29. The van der Waals surface area contributed by atoms with Gasteiger partial charge in [-0.25, -0.2) is 4.39 Å². The van der Waals surface area contributed by atoms with E-state index in [9.17, 15) is 4.39 Å². The minimum absolute atomic E-state index is 0.0715. The molecule has 2 aromatic rings. The number of hydrogen-bond donors (Lipinski definition) is 2. The van der Waals surface area contributed by atoms with E-state index < -0.39 is 0 Å². The number of nitrogens with one attached hydrogen (secondary N) is 1. The predicted octanol–water partition coefficient (Wildman–Crippen LogP) is 3.53. The standard InChI is InChI=1S/C15H16ClFN2/c1-10-2-7-14(17)8-12(10)9-15(19-18)11-3-5-13(16)6-4-11/h2-8,15,19H,9,18H2,1H3. The lowest BCUT2D eigenvalue weighted by atomic mass is 9.96. The zero-order valence-corrected chi connectivity index (χ0v) is 11.4. The second-order valence-electron chi connectivity index (χ2n) is 4.55. The number of aryl methyl sites for hydroxylation is 1. The molecule has 19 heavy (non-hydrogen) atoms. The molecule has 0 fully saturated rings. The van der Waals surface area contributed by atoms with Gasteiger partial charge in [0, 0.05) is 11.1 Å². The highest BCUT2D eigenvalue weighted by molar-refractivity contribution is 6.30. The van der Waals surface area contributed by atoms with E-state index in [4.69, 9.17) is 17.4 Å². The van der Waals surface area contributed by atoms with Crippen molar-refractivity contribution in [3.8, 4) is 0 Å². The number of benzene rings is 2. The van der Waals surface area contributed by atoms with Crippen LogP contribution in [0.4, 0.5) is 4.39 Å². The maximum atomic E-state index is 13.3. The van der Waals surface area contributed by atoms with E-state index in [-0.39, 0.29) is 11.9 Å². The molecule has 0 aliphatic rings. The van der Waals surface area contributed by atoms with Gasteiger partial charge in [-0.15, -0.1) is 0 Å². The van der Waals surface area contributed by atoms with E-state index in [0.717, 1.165) is 16.7 Å². The largest absolute Gasteiger partial charge is 0.271 e. The highest BCUT2D eigenvalue weighted by Crippen LogP contribution is 2.22. The first-order chi connectivity index (χ1) is 9.10. The fourth-order valence-corrected chi connectivity index (χ4v) is 2.17. The van der Waals surface area contributed by atoms with Crippen molar-refractivity contribution >= 4 is 11.6 Å². The predicted molar refractivity (Wildman–Crippen MR) is 76.4 cm³/mol. The molecule has 0 radical (unpaired) electrons. The molecule has 0 aromatic heterocycles. The second kappa shape index (κ2) is 6.15. The van der Waals surface area contributed by atoms with Crippen LogP contribution in [0, 0.1) is 12.7 Å². The summed E-state index contributed by atoms with van der Waals surface area (Å²) in [6.07, 6.45) is 0.627. The van der Waals surface area contributed by atoms with Gasteiger partial charge in [0.05, 0.1) is 0 Å². The number of hydrogen-bond acceptors (Lipinski definition) is 2. The summed E-state index contributed by atoms with van der Waals surface area (Å²) < 4.78 is 13.3. The van der Waals surface area contributed by atoms with E-state index in [2.05, 4.69) is 5.43 Å². The highest BCUT2D eigenvalue weighted by Gasteiger charge is 2.12. The van der Waals surface area contributed by atoms with Crippen molar-refractivity contribution < 1.29 is 4.39 Å². The van der Waals surface area contributed by atoms with Gasteiger partial charge in [0.15, 0.2) is 0 Å². The Bertz CT molecular complexity index is 555. The zero-order chi connectivity index (χ0) is 13.8. The maximum Gasteiger partial charge on any atom is 0.123 e. The third-order valence-electron chi connectivity index (χ3n) is 3.21. The summed E-state index contributed by atoms with van der Waals surface area (Å²) in [4.78, 5) is 0. The van der Waals surface area contributed by atoms with Crippen molar-refractivity contribution in [1.82, 2.24) is 5.43 Å². The molecule has 3 N–H and O–H groups in total. The summed E-state index contributed by atoms with van der Waals surface area (Å²) >= 11 is 5.86. The molecule has 100 valence electrons. The SMILES string of the molecule is Cc1ccc(F)cc1CC(NN)c1ccc(Cl)cc1. The molecule has 0 saturated heterocycles. The molecule has 0 aliphatic carbocycles. The van der Waals surface area contributed by atoms with Gasteiger partial charge in [-0.05, 0) is 54.3 Å². The Kier molecular flexibility index (Phi) is 4.53. The molecule has 0 spiro atoms. The molecule has 4 heteroatoms. The Labute approximate surface area is 117 Å². The van der Waals surface area contributed by atoms with Crippen LogP contribution >= 0.6 is 11.6 Å². The zero-order valence-electron chi connectivity index (χ0n) is 10.7. The van der Waals surface area contributed by atoms with Crippen LogP contribution in [0.25, 0.3) is 0 Å². The van der Waals surface area contributed by atoms with Crippen LogP contribution in [0.1, 0.15) is 22.7 Å². The molecule has 2 nitrogen and oxygen atoms in total. The lowest BCUT2D eigenvalue weighted by molar-refractivity contribution is 0.547. The summed E-state index contributed by atoms with van der Waals surface area (Å²) in [7, 11) is 0. The quantitative estimate of drug-likeness (QED) is 0.663. The molecule has 1 atom stereocenters. The fourth-order valence-electron chi connectivity index (χ4n) is 2.05. The topological polar surface area (TPSA) is 38.0 Å². The van der Waals surface area contributed by atoms with E-state index >= 15 is 0 Å². The smallest absolute Gasteiger partial charge is 0.123 e. The van der Waals surface area contributed by atoms with Gasteiger partial charge in [-0.2, -0.15) is 0 Å². The lowest BCUT2D eigenvalue weighted by Gasteiger charge is -2.18. The van der Waals surface area contributed by atoms with E-state index in [0.29, 0.717) is 11.4 Å². The Hall–Kier alpha value is -1.42. The fraction of sp³-hybridized carbons (Fsp3) is 0.200. The van der Waals surface area contributed by atoms with Crippen molar-refractivity contribution in [1.29, 1.82) is 0 Å². The van der Waals surface area contributed by atoms with Gasteiger partial charge in [0.1, 0.15) is 5.82 Å². The number of nitrogens with two attached hydrogens (primary N) is 1. The summed E-state index contributed by atoms with van der Waals surface area (Å²) in [6, 6.07) is 12.2. The van der Waals surface area contributed by atoms with Gasteiger partial charge in [-0.1, -0.05) is 29.8 Å². The Morgan fingerprint density at radius 2 is 1.89 bits per heavy atom. The average Bonchev–Trinajstić information content (AvgIpc) is 2.41. The van der Waals surface area contributed by atoms with Crippen LogP contribution in [-0.4, -0.2) is 0 Å². The molecule has 0 bridgehead atoms. The molecular weight excluding hydrogens is 263 g/mol. The Balaban J connectivity index is 2.23. The van der Waals surface area contributed by atoms with E-state index in [1.807, 2.05) is 31.2 Å². The van der Waals surface area contributed by atoms with Gasteiger partial charge < -0.3 is 0 Å². The highest BCUT2D eigenvalue weighted by atomic mass is 35.5. The average molecular weight is 279 g/mol. The summed E-state index contributed by atoms with van der Waals surface area (Å²) in [5.41, 5.74) is 5.79. The van der Waals surface area contributed by atoms with Gasteiger partial charge in [-0.3, -0.25) is 11.3 Å². The van der Waals surface area contributed by atoms with Crippen LogP contribution in [0.2, 0.25) is 5.02 Å². The van der Waals surface area contributed by atoms with Crippen molar-refractivity contribution in [2.75, 3.05) is 0 Å². The van der Waals surface area contributed by atoms with E-state index in [1.54, 1.807) is 12.1 Å². The molecule has 2 aromatic carbocycles. The third-order valence-corrected chi connectivity index (χ3v) is 3.46. The molecular formula is C15H16ClFN2. The first kappa shape index (κ1) is 14.0. The first-order valence-corrected chi connectivity index (χ1v) is 6.44. The van der Waals surface area contributed by atoms with Crippen LogP contribution in [0.5, 0.6) is 0 Å². The summed E-state index contributed by atoms with van der Waals surface area (Å²) in [5.74, 6) is 5.37. The maximum absolute atomic E-state index is 13.3. The normalized spacial score (nSPS) is 12.4. The van der Waals surface area contributed by atoms with Crippen LogP contribution in [0.3, 0.4) is 0 Å². The first-order valence-electron chi connectivity index (χ1n) is 6.07. The molecule has 2 rings (SSSR count). The summed E-state index contributed by atoms with van der Waals surface area (Å²) in [5, 5.41) is 0.682. The van der Waals surface area contributed by atoms with Crippen molar-refractivity contribution in [3.05, 3.63) is 70.0 Å². The van der Waals surface area contributed by atoms with Gasteiger partial charge >= 0.3 is 0 Å². The third kappa shape index (κ3) is 3.53. The number of rotatable bonds is 4. The van der Waals surface area contributed by atoms with Crippen molar-refractivity contribution in [3.63, 3.8) is 0 Å². The second-order valence-corrected chi connectivity index (χ2v) is 4.98. The van der Waals surface area contributed by atoms with Crippen LogP contribution in [-0.2, 0) is 6.42 Å². The van der Waals surface area contributed by atoms with Gasteiger partial charge in [0.2, 0.25) is 0 Å². The molecule has 1 unspecified atom stereocenters. The minimum atomic E-state index is -0.229. The van der Waals surface area contributed by atoms with Gasteiger partial charge in [0.25, 0.3) is 0 Å². The Morgan fingerprint density at radius 3 is 2.53 bits per heavy atom. The Morgan fingerprint density at radius 1 is 1.21 bits per heavy atom. The molecule has 0 heterocycles. The number of hydrazine groups is 1. The minimum Gasteiger partial charge on any atom is -0.271 e. The molecule has 0 amide bonds. The van der Waals surface area contributed by atoms with Crippen molar-refractivity contribution in [2.45, 2.75) is 19.4 Å². The number of halogens is 2. The van der Waals surface area contributed by atoms with Crippen molar-refractivity contribution in [2.24, 2.45) is 5.84 Å². The summed E-state index contributed by atoms with van der Waals surface area (Å²) in [6.45, 7) is 1.96. The van der Waals surface area contributed by atoms with Crippen LogP contribution < -0.4 is 11.3 Å². The monoisotopic (exact) mass is 278 g/mol. The molecule has 0 aliphatic heterocycles. The molecule has 0 saturated carbocycles. The van der Waals surface area contributed by atoms with Crippen LogP contribution in [0.15, 0.2) is 42.5 Å². The van der Waals surface area contributed by atoms with E-state index in [1.165, 1.54) is 6.07 Å².